The second-order valence-electron chi connectivity index (χ2n) is 6.95. The molecule has 1 atom stereocenters. The van der Waals surface area contributed by atoms with Crippen molar-refractivity contribution in [3.8, 4) is 5.75 Å². The average Bonchev–Trinajstić information content (AvgIpc) is 2.65. The molecule has 0 amide bonds. The lowest BCUT2D eigenvalue weighted by molar-refractivity contribution is -0.130. The number of ether oxygens (including phenoxy) is 1. The molecule has 0 heterocycles. The van der Waals surface area contributed by atoms with E-state index in [0.717, 1.165) is 25.7 Å². The van der Waals surface area contributed by atoms with E-state index in [1.165, 1.54) is 23.1 Å². The van der Waals surface area contributed by atoms with E-state index in [-0.39, 0.29) is 5.97 Å². The van der Waals surface area contributed by atoms with Crippen molar-refractivity contribution in [2.45, 2.75) is 58.8 Å². The molecule has 0 radical (unpaired) electrons. The number of hydrogen-bond acceptors (Lipinski definition) is 2. The number of aryl methyl sites for hydroxylation is 2. The van der Waals surface area contributed by atoms with Gasteiger partial charge in [-0.1, -0.05) is 63.2 Å². The van der Waals surface area contributed by atoms with Crippen LogP contribution in [0.5, 0.6) is 5.75 Å². The van der Waals surface area contributed by atoms with E-state index in [4.69, 9.17) is 4.74 Å². The van der Waals surface area contributed by atoms with E-state index in [0.29, 0.717) is 17.2 Å². The maximum atomic E-state index is 11.6. The summed E-state index contributed by atoms with van der Waals surface area (Å²) in [6.45, 7) is 9.72. The highest BCUT2D eigenvalue weighted by Gasteiger charge is 2.10. The van der Waals surface area contributed by atoms with Gasteiger partial charge in [0.25, 0.3) is 0 Å². The molecule has 26 heavy (non-hydrogen) atoms. The van der Waals surface area contributed by atoms with Crippen LogP contribution in [-0.4, -0.2) is 5.97 Å². The number of carbonyl (C=O) groups is 1. The van der Waals surface area contributed by atoms with Gasteiger partial charge in [-0.15, -0.1) is 0 Å². The smallest absolute Gasteiger partial charge is 0.338 e. The van der Waals surface area contributed by atoms with Crippen molar-refractivity contribution in [2.75, 3.05) is 0 Å². The van der Waals surface area contributed by atoms with Crippen molar-refractivity contribution in [2.24, 2.45) is 0 Å². The van der Waals surface area contributed by atoms with Crippen molar-refractivity contribution in [1.29, 1.82) is 0 Å². The zero-order chi connectivity index (χ0) is 18.9. The number of esters is 1. The molecule has 0 bridgehead atoms. The minimum absolute atomic E-state index is 0.379. The molecule has 138 valence electrons. The summed E-state index contributed by atoms with van der Waals surface area (Å²) in [4.78, 5) is 11.6. The summed E-state index contributed by atoms with van der Waals surface area (Å²) in [7, 11) is 0. The molecule has 1 unspecified atom stereocenters. The van der Waals surface area contributed by atoms with Gasteiger partial charge in [-0.2, -0.15) is 0 Å². The first-order valence-corrected chi connectivity index (χ1v) is 9.59. The van der Waals surface area contributed by atoms with Gasteiger partial charge in [0.1, 0.15) is 5.75 Å². The molecule has 2 heteroatoms. The molecule has 0 aromatic heterocycles. The monoisotopic (exact) mass is 350 g/mol. The summed E-state index contributed by atoms with van der Waals surface area (Å²) < 4.78 is 5.24. The van der Waals surface area contributed by atoms with Crippen LogP contribution in [0.3, 0.4) is 0 Å². The van der Waals surface area contributed by atoms with Crippen LogP contribution in [0.25, 0.3) is 0 Å². The Labute approximate surface area is 157 Å². The van der Waals surface area contributed by atoms with Crippen LogP contribution in [0.2, 0.25) is 0 Å². The van der Waals surface area contributed by atoms with Crippen molar-refractivity contribution in [3.05, 3.63) is 77.4 Å². The van der Waals surface area contributed by atoms with Crippen LogP contribution in [0.15, 0.2) is 60.7 Å². The van der Waals surface area contributed by atoms with Crippen molar-refractivity contribution in [1.82, 2.24) is 0 Å². The Hall–Kier alpha value is -2.35. The van der Waals surface area contributed by atoms with Gasteiger partial charge in [0.15, 0.2) is 0 Å². The van der Waals surface area contributed by atoms with E-state index >= 15 is 0 Å². The van der Waals surface area contributed by atoms with Gasteiger partial charge in [0, 0.05) is 5.57 Å². The Bertz CT molecular complexity index is 711. The van der Waals surface area contributed by atoms with Crippen molar-refractivity contribution >= 4 is 5.97 Å². The summed E-state index contributed by atoms with van der Waals surface area (Å²) in [5, 5.41) is 0. The topological polar surface area (TPSA) is 26.3 Å². The van der Waals surface area contributed by atoms with Gasteiger partial charge in [0.05, 0.1) is 0 Å². The third-order valence-corrected chi connectivity index (χ3v) is 4.75. The normalized spacial score (nSPS) is 11.8. The van der Waals surface area contributed by atoms with Gasteiger partial charge >= 0.3 is 5.97 Å². The molecule has 2 aromatic rings. The van der Waals surface area contributed by atoms with Crippen molar-refractivity contribution in [3.63, 3.8) is 0 Å². The van der Waals surface area contributed by atoms with Gasteiger partial charge < -0.3 is 4.74 Å². The molecule has 2 rings (SSSR count). The fraction of sp³-hybridized carbons (Fsp3) is 0.375. The first-order valence-electron chi connectivity index (χ1n) is 9.59. The molecule has 2 aromatic carbocycles. The van der Waals surface area contributed by atoms with Gasteiger partial charge in [-0.25, -0.2) is 4.79 Å². The summed E-state index contributed by atoms with van der Waals surface area (Å²) >= 11 is 0. The van der Waals surface area contributed by atoms with Crippen LogP contribution in [0.1, 0.15) is 62.6 Å². The van der Waals surface area contributed by atoms with Gasteiger partial charge in [-0.3, -0.25) is 0 Å². The lowest BCUT2D eigenvalue weighted by Gasteiger charge is -2.16. The Morgan fingerprint density at radius 3 is 2.08 bits per heavy atom. The second kappa shape index (κ2) is 9.96. The summed E-state index contributed by atoms with van der Waals surface area (Å²) in [6, 6.07) is 16.9. The van der Waals surface area contributed by atoms with E-state index in [1.54, 1.807) is 6.92 Å². The molecule has 0 N–H and O–H groups in total. The zero-order valence-corrected chi connectivity index (χ0v) is 16.3. The summed E-state index contributed by atoms with van der Waals surface area (Å²) in [6.07, 6.45) is 5.62. The third-order valence-electron chi connectivity index (χ3n) is 4.75. The van der Waals surface area contributed by atoms with Gasteiger partial charge in [-0.05, 0) is 67.3 Å². The molecule has 0 spiro atoms. The maximum absolute atomic E-state index is 11.6. The van der Waals surface area contributed by atoms with E-state index in [1.807, 2.05) is 24.3 Å². The molecule has 0 fully saturated rings. The maximum Gasteiger partial charge on any atom is 0.338 e. The average molecular weight is 351 g/mol. The number of hydrogen-bond donors (Lipinski definition) is 0. The number of rotatable bonds is 9. The van der Waals surface area contributed by atoms with Gasteiger partial charge in [0.2, 0.25) is 0 Å². The van der Waals surface area contributed by atoms with Crippen molar-refractivity contribution < 1.29 is 9.53 Å². The number of carbonyl (C=O) groups excluding carboxylic acids is 1. The predicted octanol–water partition coefficient (Wildman–Crippen LogP) is 6.25. The standard InChI is InChI=1S/C24H30O2/c1-5-7-19-9-14-22(15-10-19)21(6-2)13-8-20-11-16-23(17-12-20)26-24(25)18(3)4/h9-12,14-17,21H,3,5-8,13H2,1-2,4H3. The Morgan fingerprint density at radius 2 is 1.54 bits per heavy atom. The first-order chi connectivity index (χ1) is 12.5. The number of benzene rings is 2. The van der Waals surface area contributed by atoms with Crippen LogP contribution in [0.4, 0.5) is 0 Å². The highest BCUT2D eigenvalue weighted by molar-refractivity contribution is 5.88. The molecule has 0 aliphatic rings. The molecule has 0 aliphatic heterocycles. The minimum Gasteiger partial charge on any atom is -0.423 e. The fourth-order valence-corrected chi connectivity index (χ4v) is 3.11. The third kappa shape index (κ3) is 5.87. The molecule has 0 saturated heterocycles. The lowest BCUT2D eigenvalue weighted by Crippen LogP contribution is -2.08. The first kappa shape index (κ1) is 20.0. The molecule has 0 saturated carbocycles. The quantitative estimate of drug-likeness (QED) is 0.304. The largest absolute Gasteiger partial charge is 0.423 e. The van der Waals surface area contributed by atoms with E-state index in [2.05, 4.69) is 44.7 Å². The summed E-state index contributed by atoms with van der Waals surface area (Å²) in [5.41, 5.74) is 4.52. The zero-order valence-electron chi connectivity index (χ0n) is 16.3. The highest BCUT2D eigenvalue weighted by atomic mass is 16.5. The lowest BCUT2D eigenvalue weighted by atomic mass is 9.89. The highest BCUT2D eigenvalue weighted by Crippen LogP contribution is 2.26. The van der Waals surface area contributed by atoms with Crippen LogP contribution in [-0.2, 0) is 17.6 Å². The Kier molecular flexibility index (Phi) is 7.65. The van der Waals surface area contributed by atoms with E-state index < -0.39 is 0 Å². The second-order valence-corrected chi connectivity index (χ2v) is 6.95. The van der Waals surface area contributed by atoms with Crippen LogP contribution < -0.4 is 4.74 Å². The molecule has 2 nitrogen and oxygen atoms in total. The Morgan fingerprint density at radius 1 is 0.962 bits per heavy atom. The van der Waals surface area contributed by atoms with Crippen LogP contribution >= 0.6 is 0 Å². The van der Waals surface area contributed by atoms with E-state index in [9.17, 15) is 4.79 Å². The fourth-order valence-electron chi connectivity index (χ4n) is 3.11. The predicted molar refractivity (Wildman–Crippen MR) is 109 cm³/mol. The SMILES string of the molecule is C=C(C)C(=O)Oc1ccc(CCC(CC)c2ccc(CCC)cc2)cc1. The van der Waals surface area contributed by atoms with Crippen LogP contribution in [0, 0.1) is 0 Å². The summed E-state index contributed by atoms with van der Waals surface area (Å²) in [5.74, 6) is 0.766. The minimum atomic E-state index is -0.379. The molecular weight excluding hydrogens is 320 g/mol. The molecule has 0 aliphatic carbocycles. The molecular formula is C24H30O2. The Balaban J connectivity index is 1.93.